The summed E-state index contributed by atoms with van der Waals surface area (Å²) < 4.78 is 47.6. The van der Waals surface area contributed by atoms with Crippen LogP contribution in [0.15, 0.2) is 42.5 Å². The van der Waals surface area contributed by atoms with Crippen molar-refractivity contribution in [3.05, 3.63) is 53.6 Å². The molecule has 0 aromatic heterocycles. The molecular formula is C16H14F3NO3. The molecule has 0 spiro atoms. The van der Waals surface area contributed by atoms with Crippen LogP contribution >= 0.6 is 0 Å². The number of nitrogens with one attached hydrogen (secondary N) is 1. The van der Waals surface area contributed by atoms with Gasteiger partial charge in [0, 0.05) is 17.3 Å². The van der Waals surface area contributed by atoms with E-state index in [4.69, 9.17) is 9.47 Å². The molecule has 122 valence electrons. The number of benzene rings is 2. The van der Waals surface area contributed by atoms with E-state index in [1.807, 2.05) is 0 Å². The SMILES string of the molecule is COc1cc(OC)cc(C(=O)Nc2ccc(C(F)(F)F)cc2)c1. The molecule has 4 nitrogen and oxygen atoms in total. The first-order valence-electron chi connectivity index (χ1n) is 6.55. The fraction of sp³-hybridized carbons (Fsp3) is 0.188. The van der Waals surface area contributed by atoms with E-state index in [0.29, 0.717) is 11.5 Å². The van der Waals surface area contributed by atoms with Gasteiger partial charge >= 0.3 is 6.18 Å². The summed E-state index contributed by atoms with van der Waals surface area (Å²) in [6.45, 7) is 0. The quantitative estimate of drug-likeness (QED) is 0.925. The number of anilines is 1. The number of carbonyl (C=O) groups is 1. The molecule has 0 bridgehead atoms. The third-order valence-corrected chi connectivity index (χ3v) is 3.08. The van der Waals surface area contributed by atoms with Crippen LogP contribution in [0.5, 0.6) is 11.5 Å². The van der Waals surface area contributed by atoms with Gasteiger partial charge in [-0.3, -0.25) is 4.79 Å². The van der Waals surface area contributed by atoms with Crippen molar-refractivity contribution < 1.29 is 27.4 Å². The summed E-state index contributed by atoms with van der Waals surface area (Å²) in [5, 5.41) is 2.52. The standard InChI is InChI=1S/C16H14F3NO3/c1-22-13-7-10(8-14(9-13)23-2)15(21)20-12-5-3-11(4-6-12)16(17,18)19/h3-9H,1-2H3,(H,20,21). The summed E-state index contributed by atoms with van der Waals surface area (Å²) in [4.78, 5) is 12.2. The van der Waals surface area contributed by atoms with Gasteiger partial charge < -0.3 is 14.8 Å². The Kier molecular flexibility index (Phi) is 4.78. The summed E-state index contributed by atoms with van der Waals surface area (Å²) in [5.74, 6) is 0.380. The Morgan fingerprint density at radius 2 is 1.48 bits per heavy atom. The van der Waals surface area contributed by atoms with Crippen molar-refractivity contribution in [1.82, 2.24) is 0 Å². The van der Waals surface area contributed by atoms with Crippen LogP contribution < -0.4 is 14.8 Å². The first-order valence-corrected chi connectivity index (χ1v) is 6.55. The molecule has 0 atom stereocenters. The molecule has 7 heteroatoms. The van der Waals surface area contributed by atoms with Crippen LogP contribution in [-0.2, 0) is 6.18 Å². The van der Waals surface area contributed by atoms with Crippen LogP contribution in [0.3, 0.4) is 0 Å². The van der Waals surface area contributed by atoms with Crippen LogP contribution in [0.1, 0.15) is 15.9 Å². The van der Waals surface area contributed by atoms with Gasteiger partial charge in [-0.05, 0) is 36.4 Å². The molecule has 1 amide bonds. The number of ether oxygens (including phenoxy) is 2. The molecule has 0 aliphatic heterocycles. The third-order valence-electron chi connectivity index (χ3n) is 3.08. The molecule has 0 aliphatic carbocycles. The molecular weight excluding hydrogens is 311 g/mol. The number of carbonyl (C=O) groups excluding carboxylic acids is 1. The van der Waals surface area contributed by atoms with Crippen LogP contribution in [-0.4, -0.2) is 20.1 Å². The van der Waals surface area contributed by atoms with Gasteiger partial charge in [0.1, 0.15) is 11.5 Å². The zero-order valence-electron chi connectivity index (χ0n) is 12.4. The van der Waals surface area contributed by atoms with E-state index in [9.17, 15) is 18.0 Å². The highest BCUT2D eigenvalue weighted by atomic mass is 19.4. The largest absolute Gasteiger partial charge is 0.497 e. The molecule has 0 fully saturated rings. The number of amides is 1. The maximum atomic E-state index is 12.5. The second-order valence-electron chi connectivity index (χ2n) is 4.63. The average molecular weight is 325 g/mol. The van der Waals surface area contributed by atoms with Gasteiger partial charge in [0.05, 0.1) is 19.8 Å². The van der Waals surface area contributed by atoms with E-state index < -0.39 is 17.6 Å². The minimum absolute atomic E-state index is 0.254. The molecule has 0 heterocycles. The highest BCUT2D eigenvalue weighted by Gasteiger charge is 2.30. The first kappa shape index (κ1) is 16.7. The Hall–Kier alpha value is -2.70. The lowest BCUT2D eigenvalue weighted by Crippen LogP contribution is -2.12. The topological polar surface area (TPSA) is 47.6 Å². The summed E-state index contributed by atoms with van der Waals surface area (Å²) in [5.41, 5.74) is -0.260. The number of halogens is 3. The van der Waals surface area contributed by atoms with Gasteiger partial charge in [-0.2, -0.15) is 13.2 Å². The second kappa shape index (κ2) is 6.60. The lowest BCUT2D eigenvalue weighted by atomic mass is 10.1. The second-order valence-corrected chi connectivity index (χ2v) is 4.63. The molecule has 2 aromatic rings. The number of hydrogen-bond acceptors (Lipinski definition) is 3. The molecule has 0 saturated heterocycles. The number of alkyl halides is 3. The Bertz CT molecular complexity index is 674. The lowest BCUT2D eigenvalue weighted by molar-refractivity contribution is -0.137. The molecule has 0 radical (unpaired) electrons. The maximum Gasteiger partial charge on any atom is 0.416 e. The number of rotatable bonds is 4. The van der Waals surface area contributed by atoms with Gasteiger partial charge in [-0.15, -0.1) is 0 Å². The molecule has 2 aromatic carbocycles. The van der Waals surface area contributed by atoms with Crippen molar-refractivity contribution in [2.45, 2.75) is 6.18 Å². The average Bonchev–Trinajstić information content (AvgIpc) is 2.53. The van der Waals surface area contributed by atoms with Gasteiger partial charge in [-0.1, -0.05) is 0 Å². The smallest absolute Gasteiger partial charge is 0.416 e. The van der Waals surface area contributed by atoms with E-state index in [0.717, 1.165) is 12.1 Å². The van der Waals surface area contributed by atoms with Crippen LogP contribution in [0.25, 0.3) is 0 Å². The molecule has 0 aliphatic rings. The Labute approximate surface area is 130 Å². The number of methoxy groups -OCH3 is 2. The Morgan fingerprint density at radius 1 is 0.957 bits per heavy atom. The summed E-state index contributed by atoms with van der Waals surface area (Å²) in [7, 11) is 2.90. The van der Waals surface area contributed by atoms with E-state index in [1.54, 1.807) is 6.07 Å². The first-order chi connectivity index (χ1) is 10.8. The van der Waals surface area contributed by atoms with Gasteiger partial charge in [-0.25, -0.2) is 0 Å². The highest BCUT2D eigenvalue weighted by Crippen LogP contribution is 2.30. The molecule has 1 N–H and O–H groups in total. The van der Waals surface area contributed by atoms with E-state index in [1.165, 1.54) is 38.5 Å². The summed E-state index contributed by atoms with van der Waals surface area (Å²) in [6.07, 6.45) is -4.41. The normalized spacial score (nSPS) is 11.0. The number of hydrogen-bond donors (Lipinski definition) is 1. The van der Waals surface area contributed by atoms with Crippen LogP contribution in [0.4, 0.5) is 18.9 Å². The van der Waals surface area contributed by atoms with Crippen molar-refractivity contribution in [3.8, 4) is 11.5 Å². The van der Waals surface area contributed by atoms with Crippen LogP contribution in [0.2, 0.25) is 0 Å². The van der Waals surface area contributed by atoms with E-state index >= 15 is 0 Å². The summed E-state index contributed by atoms with van der Waals surface area (Å²) in [6, 6.07) is 8.80. The molecule has 0 saturated carbocycles. The summed E-state index contributed by atoms with van der Waals surface area (Å²) >= 11 is 0. The predicted octanol–water partition coefficient (Wildman–Crippen LogP) is 3.97. The fourth-order valence-electron chi connectivity index (χ4n) is 1.88. The predicted molar refractivity (Wildman–Crippen MR) is 78.9 cm³/mol. The zero-order chi connectivity index (χ0) is 17.0. The van der Waals surface area contributed by atoms with Gasteiger partial charge in [0.25, 0.3) is 5.91 Å². The monoisotopic (exact) mass is 325 g/mol. The van der Waals surface area contributed by atoms with E-state index in [2.05, 4.69) is 5.32 Å². The van der Waals surface area contributed by atoms with Crippen molar-refractivity contribution in [3.63, 3.8) is 0 Å². The lowest BCUT2D eigenvalue weighted by Gasteiger charge is -2.10. The van der Waals surface area contributed by atoms with Crippen molar-refractivity contribution in [2.75, 3.05) is 19.5 Å². The van der Waals surface area contributed by atoms with Crippen molar-refractivity contribution >= 4 is 11.6 Å². The Balaban J connectivity index is 2.19. The fourth-order valence-corrected chi connectivity index (χ4v) is 1.88. The van der Waals surface area contributed by atoms with Crippen LogP contribution in [0, 0.1) is 0 Å². The highest BCUT2D eigenvalue weighted by molar-refractivity contribution is 6.04. The van der Waals surface area contributed by atoms with Gasteiger partial charge in [0.2, 0.25) is 0 Å². The molecule has 0 unspecified atom stereocenters. The van der Waals surface area contributed by atoms with E-state index in [-0.39, 0.29) is 11.3 Å². The maximum absolute atomic E-state index is 12.5. The zero-order valence-corrected chi connectivity index (χ0v) is 12.4. The van der Waals surface area contributed by atoms with Crippen molar-refractivity contribution in [1.29, 1.82) is 0 Å². The minimum Gasteiger partial charge on any atom is -0.497 e. The molecule has 23 heavy (non-hydrogen) atoms. The van der Waals surface area contributed by atoms with Gasteiger partial charge in [0.15, 0.2) is 0 Å². The molecule has 2 rings (SSSR count). The minimum atomic E-state index is -4.41. The Morgan fingerprint density at radius 3 is 1.91 bits per heavy atom. The van der Waals surface area contributed by atoms with Crippen molar-refractivity contribution in [2.24, 2.45) is 0 Å². The third kappa shape index (κ3) is 4.15.